The molecule has 0 fully saturated rings. The molecule has 0 spiro atoms. The second-order valence-electron chi connectivity index (χ2n) is 13.5. The van der Waals surface area contributed by atoms with Crippen molar-refractivity contribution in [3.8, 4) is 5.75 Å². The molecule has 0 aliphatic carbocycles. The second kappa shape index (κ2) is 18.4. The number of H-pyrrole nitrogens is 1. The molecule has 0 saturated carbocycles. The number of nitrogens with zero attached hydrogens (tertiary/aromatic N) is 2. The minimum absolute atomic E-state index is 0.0984. The van der Waals surface area contributed by atoms with E-state index in [1.165, 1.54) is 47.7 Å². The van der Waals surface area contributed by atoms with E-state index in [1.807, 2.05) is 12.1 Å². The Morgan fingerprint density at radius 3 is 1.95 bits per heavy atom. The molecule has 0 aliphatic rings. The number of sulfone groups is 2. The van der Waals surface area contributed by atoms with Crippen LogP contribution in [0.4, 0.5) is 13.2 Å². The van der Waals surface area contributed by atoms with Gasteiger partial charge in [0, 0.05) is 48.8 Å². The monoisotopic (exact) mass is 897 g/mol. The van der Waals surface area contributed by atoms with Gasteiger partial charge < -0.3 is 20.4 Å². The Morgan fingerprint density at radius 2 is 1.27 bits per heavy atom. The molecule has 8 rings (SSSR count). The van der Waals surface area contributed by atoms with Gasteiger partial charge in [-0.25, -0.2) is 16.8 Å². The van der Waals surface area contributed by atoms with Crippen molar-refractivity contribution in [2.75, 3.05) is 6.54 Å². The summed E-state index contributed by atoms with van der Waals surface area (Å²) in [6.45, 7) is 0.609. The Labute approximate surface area is 357 Å². The first-order valence-electron chi connectivity index (χ1n) is 18.6. The molecule has 4 aromatic heterocycles. The average Bonchev–Trinajstić information content (AvgIpc) is 3.92. The number of carbonyl (C=O) groups excluding carboxylic acids is 2. The highest BCUT2D eigenvalue weighted by molar-refractivity contribution is 7.91. The summed E-state index contributed by atoms with van der Waals surface area (Å²) >= 11 is 1.31. The molecule has 4 aromatic carbocycles. The number of pyridine rings is 2. The average molecular weight is 898 g/mol. The first kappa shape index (κ1) is 43.2. The maximum absolute atomic E-state index is 12.8. The zero-order valence-corrected chi connectivity index (χ0v) is 34.6. The maximum atomic E-state index is 12.8. The van der Waals surface area contributed by atoms with Crippen LogP contribution in [0.1, 0.15) is 31.3 Å². The third-order valence-electron chi connectivity index (χ3n) is 9.23. The number of amides is 2. The van der Waals surface area contributed by atoms with E-state index >= 15 is 0 Å². The predicted octanol–water partition coefficient (Wildman–Crippen LogP) is 8.33. The van der Waals surface area contributed by atoms with E-state index in [2.05, 4.69) is 30.3 Å². The number of hydrogen-bond acceptors (Lipinski definition) is 10. The number of nitrogens with one attached hydrogen (secondary N) is 3. The first-order chi connectivity index (χ1) is 29.7. The van der Waals surface area contributed by atoms with Crippen molar-refractivity contribution in [3.05, 3.63) is 174 Å². The molecule has 2 amide bonds. The molecule has 0 radical (unpaired) electrons. The molecule has 0 aliphatic heterocycles. The number of hydrogen-bond donors (Lipinski definition) is 3. The lowest BCUT2D eigenvalue weighted by Crippen LogP contribution is -2.25. The van der Waals surface area contributed by atoms with E-state index in [-0.39, 0.29) is 37.9 Å². The topological polar surface area (TPSA) is 177 Å². The Bertz CT molecular complexity index is 3020. The fourth-order valence-electron chi connectivity index (χ4n) is 6.11. The zero-order valence-electron chi connectivity index (χ0n) is 32.2. The Balaban J connectivity index is 0.000000188. The van der Waals surface area contributed by atoms with Gasteiger partial charge in [0.2, 0.25) is 19.7 Å². The van der Waals surface area contributed by atoms with Gasteiger partial charge >= 0.3 is 6.36 Å². The molecular formula is C44H34F3N5O7S3. The highest BCUT2D eigenvalue weighted by atomic mass is 32.2. The van der Waals surface area contributed by atoms with Gasteiger partial charge in [-0.05, 0) is 102 Å². The molecule has 0 saturated heterocycles. The number of halogens is 3. The van der Waals surface area contributed by atoms with Crippen molar-refractivity contribution in [2.24, 2.45) is 0 Å². The van der Waals surface area contributed by atoms with Crippen molar-refractivity contribution >= 4 is 63.8 Å². The SMILES string of the molecule is O=C(NCCc1ccc(S(=O)(=O)c2ccccc2)cc1)c1cc2cnccc2[nH]1.O=C(NCc1ccc(S(=O)(=O)c2cccc(OC(F)(F)F)c2)cc1)c1cc2ccncc2s1. The number of aromatic amines is 1. The third kappa shape index (κ3) is 10.5. The number of aromatic nitrogens is 3. The second-order valence-corrected chi connectivity index (χ2v) is 18.5. The van der Waals surface area contributed by atoms with Crippen LogP contribution in [0, 0.1) is 0 Å². The largest absolute Gasteiger partial charge is 0.573 e. The summed E-state index contributed by atoms with van der Waals surface area (Å²) in [6, 6.07) is 32.2. The molecule has 12 nitrogen and oxygen atoms in total. The van der Waals surface area contributed by atoms with Crippen LogP contribution >= 0.6 is 11.3 Å². The Morgan fingerprint density at radius 1 is 0.645 bits per heavy atom. The number of rotatable bonds is 12. The molecule has 4 heterocycles. The lowest BCUT2D eigenvalue weighted by molar-refractivity contribution is -0.274. The highest BCUT2D eigenvalue weighted by Crippen LogP contribution is 2.29. The van der Waals surface area contributed by atoms with Gasteiger partial charge in [-0.15, -0.1) is 24.5 Å². The molecule has 3 N–H and O–H groups in total. The van der Waals surface area contributed by atoms with Crippen LogP contribution in [0.25, 0.3) is 21.0 Å². The fraction of sp³-hybridized carbons (Fsp3) is 0.0909. The van der Waals surface area contributed by atoms with Crippen LogP contribution in [0.5, 0.6) is 5.75 Å². The highest BCUT2D eigenvalue weighted by Gasteiger charge is 2.31. The lowest BCUT2D eigenvalue weighted by Gasteiger charge is -2.11. The van der Waals surface area contributed by atoms with E-state index in [4.69, 9.17) is 0 Å². The molecule has 0 bridgehead atoms. The van der Waals surface area contributed by atoms with Gasteiger partial charge in [-0.1, -0.05) is 48.5 Å². The molecule has 316 valence electrons. The molecule has 18 heteroatoms. The number of carbonyl (C=O) groups is 2. The lowest BCUT2D eigenvalue weighted by atomic mass is 10.1. The third-order valence-corrected chi connectivity index (χ3v) is 13.9. The van der Waals surface area contributed by atoms with Crippen molar-refractivity contribution in [2.45, 2.75) is 38.9 Å². The van der Waals surface area contributed by atoms with E-state index in [9.17, 15) is 39.6 Å². The van der Waals surface area contributed by atoms with Crippen molar-refractivity contribution in [1.29, 1.82) is 0 Å². The van der Waals surface area contributed by atoms with E-state index < -0.39 is 31.8 Å². The molecule has 0 atom stereocenters. The first-order valence-corrected chi connectivity index (χ1v) is 22.4. The minimum Gasteiger partial charge on any atom is -0.406 e. The van der Waals surface area contributed by atoms with Crippen LogP contribution in [0.2, 0.25) is 0 Å². The number of benzene rings is 4. The molecule has 62 heavy (non-hydrogen) atoms. The normalized spacial score (nSPS) is 11.7. The molecular weight excluding hydrogens is 864 g/mol. The van der Waals surface area contributed by atoms with Gasteiger partial charge in [0.1, 0.15) is 11.4 Å². The van der Waals surface area contributed by atoms with Crippen LogP contribution in [-0.4, -0.2) is 56.5 Å². The summed E-state index contributed by atoms with van der Waals surface area (Å²) in [5.74, 6) is -1.08. The number of ether oxygens (including phenoxy) is 1. The molecule has 8 aromatic rings. The summed E-state index contributed by atoms with van der Waals surface area (Å²) in [4.78, 5) is 36.5. The fourth-order valence-corrected chi connectivity index (χ4v) is 9.63. The number of fused-ring (bicyclic) bond motifs is 2. The van der Waals surface area contributed by atoms with Gasteiger partial charge in [0.15, 0.2) is 0 Å². The van der Waals surface area contributed by atoms with Crippen LogP contribution in [-0.2, 0) is 32.6 Å². The Hall–Kier alpha value is -6.89. The van der Waals surface area contributed by atoms with Gasteiger partial charge in [-0.3, -0.25) is 19.6 Å². The molecule has 0 unspecified atom stereocenters. The summed E-state index contributed by atoms with van der Waals surface area (Å²) in [5, 5.41) is 7.44. The van der Waals surface area contributed by atoms with Crippen molar-refractivity contribution in [3.63, 3.8) is 0 Å². The quantitative estimate of drug-likeness (QED) is 0.109. The summed E-state index contributed by atoms with van der Waals surface area (Å²) in [5.41, 5.74) is 2.94. The van der Waals surface area contributed by atoms with Crippen LogP contribution in [0.3, 0.4) is 0 Å². The number of thiophene rings is 1. The minimum atomic E-state index is -4.93. The van der Waals surface area contributed by atoms with E-state index in [1.54, 1.807) is 91.5 Å². The predicted molar refractivity (Wildman–Crippen MR) is 226 cm³/mol. The van der Waals surface area contributed by atoms with Crippen molar-refractivity contribution in [1.82, 2.24) is 25.6 Å². The standard InChI is InChI=1S/C22H15F3N2O4S2.C22H19N3O3S/c23-22(24,25)31-16-2-1-3-18(11-16)33(29,30)17-6-4-14(5-7-17)12-27-21(28)19-10-15-8-9-26-13-20(15)32-19;26-22(21-14-17-15-23-12-11-20(17)25-21)24-13-10-16-6-8-19(9-7-16)29(27,28)18-4-2-1-3-5-18/h1-11,13H,12H2,(H,27,28);1-9,11-12,14-15,25H,10,13H2,(H,24,26). The van der Waals surface area contributed by atoms with E-state index in [0.29, 0.717) is 29.1 Å². The summed E-state index contributed by atoms with van der Waals surface area (Å²) < 4.78 is 92.8. The van der Waals surface area contributed by atoms with Crippen LogP contribution < -0.4 is 15.4 Å². The van der Waals surface area contributed by atoms with Gasteiger partial charge in [0.25, 0.3) is 11.8 Å². The Kier molecular flexibility index (Phi) is 12.8. The van der Waals surface area contributed by atoms with Crippen molar-refractivity contribution < 1.29 is 44.3 Å². The number of alkyl halides is 3. The van der Waals surface area contributed by atoms with Gasteiger partial charge in [0.05, 0.1) is 29.2 Å². The van der Waals surface area contributed by atoms with E-state index in [0.717, 1.165) is 38.7 Å². The van der Waals surface area contributed by atoms with Gasteiger partial charge in [-0.2, -0.15) is 0 Å². The summed E-state index contributed by atoms with van der Waals surface area (Å²) in [7, 11) is -7.58. The zero-order chi connectivity index (χ0) is 43.9. The maximum Gasteiger partial charge on any atom is 0.573 e. The summed E-state index contributed by atoms with van der Waals surface area (Å²) in [6.07, 6.45) is 2.36. The van der Waals surface area contributed by atoms with Crippen LogP contribution in [0.15, 0.2) is 172 Å². The smallest absolute Gasteiger partial charge is 0.406 e.